The lowest BCUT2D eigenvalue weighted by Crippen LogP contribution is -2.63. The Bertz CT molecular complexity index is 3230. The smallest absolute Gasteiger partial charge is 0.331 e. The molecule has 1 saturated heterocycles. The topological polar surface area (TPSA) is 334 Å². The van der Waals surface area contributed by atoms with Crippen molar-refractivity contribution in [2.45, 2.75) is 242 Å². The SMILES string of the molecule is CC[C@@H]1NC(=O)[C@H]([C@H](O)[C@H](C)Cc2nc3ccc(/C=C/C(=O)OC(C)(C)C)cc3[nH]2)N(C)C(=O)[C@H](C(C)C)N(C)C(=O)[C@H](CC(C)C)N(C)C(=O)[C@H](CC(C)C)N(C)C(=O)[C@@H](C)NC(=O)[C@H](C)NC(=O)[C@H](CC(C)C)N(C)C(=O)[C@H](C(C)C)NC(=O)[C@H](CC(C)C)N(C)C(=O)CN(C)C1=O. The summed E-state index contributed by atoms with van der Waals surface area (Å²) >= 11 is 0. The van der Waals surface area contributed by atoms with Crippen molar-refractivity contribution < 1.29 is 67.4 Å². The van der Waals surface area contributed by atoms with Crippen molar-refractivity contribution in [3.05, 3.63) is 35.7 Å². The Morgan fingerprint density at radius 2 is 1.03 bits per heavy atom. The van der Waals surface area contributed by atoms with E-state index < -0.39 is 167 Å². The fraction of sp³-hybridized carbons (Fsp3) is 0.712. The quantitative estimate of drug-likeness (QED) is 0.0917. The van der Waals surface area contributed by atoms with Crippen molar-refractivity contribution >= 4 is 88.1 Å². The Morgan fingerprint density at radius 3 is 1.53 bits per heavy atom. The number of aromatic amines is 1. The number of imidazole rings is 1. The van der Waals surface area contributed by atoms with Gasteiger partial charge in [-0.3, -0.25) is 52.7 Å². The third kappa shape index (κ3) is 23.8. The summed E-state index contributed by atoms with van der Waals surface area (Å²) in [4.78, 5) is 191. The molecule has 1 aromatic heterocycles. The van der Waals surface area contributed by atoms with Gasteiger partial charge in [0.1, 0.15) is 71.8 Å². The number of amides is 11. The molecule has 100 heavy (non-hydrogen) atoms. The first-order valence-corrected chi connectivity index (χ1v) is 35.3. The number of likely N-dealkylation sites (N-methyl/N-ethyl adjacent to an activating group) is 7. The summed E-state index contributed by atoms with van der Waals surface area (Å²) in [5, 5.41) is 23.7. The highest BCUT2D eigenvalue weighted by Gasteiger charge is 2.46. The number of esters is 1. The molecule has 27 heteroatoms. The zero-order valence-corrected chi connectivity index (χ0v) is 64.6. The third-order valence-corrected chi connectivity index (χ3v) is 18.2. The summed E-state index contributed by atoms with van der Waals surface area (Å²) in [6, 6.07) is -7.60. The van der Waals surface area contributed by atoms with Gasteiger partial charge in [-0.25, -0.2) is 9.78 Å². The number of hydrogen-bond donors (Lipinski definition) is 6. The molecule has 0 bridgehead atoms. The molecule has 0 spiro atoms. The van der Waals surface area contributed by atoms with Crippen LogP contribution in [0.2, 0.25) is 0 Å². The number of nitrogens with one attached hydrogen (secondary N) is 5. The maximum absolute atomic E-state index is 15.5. The Balaban J connectivity index is 2.33. The van der Waals surface area contributed by atoms with Crippen LogP contribution >= 0.6 is 0 Å². The fourth-order valence-electron chi connectivity index (χ4n) is 12.4. The van der Waals surface area contributed by atoms with Gasteiger partial charge in [-0.15, -0.1) is 0 Å². The average molecular weight is 1400 g/mol. The van der Waals surface area contributed by atoms with E-state index in [1.807, 2.05) is 55.4 Å². The number of fused-ring (bicyclic) bond motifs is 1. The van der Waals surface area contributed by atoms with Crippen molar-refractivity contribution in [3.63, 3.8) is 0 Å². The van der Waals surface area contributed by atoms with E-state index in [2.05, 4.69) is 26.3 Å². The van der Waals surface area contributed by atoms with Gasteiger partial charge in [0.25, 0.3) is 0 Å². The van der Waals surface area contributed by atoms with Crippen molar-refractivity contribution in [1.29, 1.82) is 0 Å². The minimum Gasteiger partial charge on any atom is -0.457 e. The molecular weight excluding hydrogens is 1280 g/mol. The van der Waals surface area contributed by atoms with E-state index in [4.69, 9.17) is 9.72 Å². The predicted molar refractivity (Wildman–Crippen MR) is 384 cm³/mol. The second kappa shape index (κ2) is 37.6. The normalized spacial score (nSPS) is 24.8. The van der Waals surface area contributed by atoms with E-state index >= 15 is 19.2 Å². The molecule has 0 saturated carbocycles. The van der Waals surface area contributed by atoms with E-state index in [9.17, 15) is 43.5 Å². The maximum Gasteiger partial charge on any atom is 0.331 e. The molecule has 11 amide bonds. The highest BCUT2D eigenvalue weighted by molar-refractivity contribution is 6.00. The lowest BCUT2D eigenvalue weighted by atomic mass is 9.91. The molecule has 0 unspecified atom stereocenters. The van der Waals surface area contributed by atoms with Crippen LogP contribution < -0.4 is 21.3 Å². The van der Waals surface area contributed by atoms with Crippen molar-refractivity contribution in [2.24, 2.45) is 41.4 Å². The van der Waals surface area contributed by atoms with E-state index in [-0.39, 0.29) is 62.2 Å². The van der Waals surface area contributed by atoms with Gasteiger partial charge in [-0.05, 0) is 132 Å². The summed E-state index contributed by atoms with van der Waals surface area (Å²) in [5.74, 6) is -10.7. The van der Waals surface area contributed by atoms with Crippen LogP contribution in [0.5, 0.6) is 0 Å². The Morgan fingerprint density at radius 1 is 0.560 bits per heavy atom. The lowest BCUT2D eigenvalue weighted by Gasteiger charge is -2.41. The minimum atomic E-state index is -1.76. The van der Waals surface area contributed by atoms with E-state index in [0.29, 0.717) is 22.4 Å². The molecule has 12 atom stereocenters. The van der Waals surface area contributed by atoms with Crippen molar-refractivity contribution in [1.82, 2.24) is 65.5 Å². The number of H-pyrrole nitrogens is 1. The second-order valence-corrected chi connectivity index (χ2v) is 30.8. The van der Waals surface area contributed by atoms with Gasteiger partial charge in [0, 0.05) is 61.8 Å². The number of rotatable bonds is 17. The highest BCUT2D eigenvalue weighted by atomic mass is 16.6. The third-order valence-electron chi connectivity index (χ3n) is 18.2. The Labute approximate surface area is 593 Å². The molecule has 6 N–H and O–H groups in total. The average Bonchev–Trinajstić information content (AvgIpc) is 0.873. The van der Waals surface area contributed by atoms with Gasteiger partial charge in [-0.1, -0.05) is 103 Å². The van der Waals surface area contributed by atoms with Gasteiger partial charge in [0.2, 0.25) is 65.0 Å². The van der Waals surface area contributed by atoms with E-state index in [0.717, 1.165) is 9.80 Å². The van der Waals surface area contributed by atoms with Gasteiger partial charge in [0.15, 0.2) is 0 Å². The number of aliphatic hydroxyl groups is 1. The number of aliphatic hydroxyl groups excluding tert-OH is 1. The largest absolute Gasteiger partial charge is 0.457 e. The van der Waals surface area contributed by atoms with Crippen molar-refractivity contribution in [3.8, 4) is 0 Å². The van der Waals surface area contributed by atoms with Crippen LogP contribution in [-0.4, -0.2) is 248 Å². The molecule has 3 rings (SSSR count). The zero-order valence-electron chi connectivity index (χ0n) is 64.6. The van der Waals surface area contributed by atoms with Crippen LogP contribution in [-0.2, 0) is 68.7 Å². The maximum atomic E-state index is 15.5. The standard InChI is InChI=1S/C73H121N13O14/c1-27-49-68(95)80(20)38-57(87)81(21)52(32-39(2)3)65(92)79-59(43(10)11)71(98)82(22)53(33-40(4)5)64(91)74-46(15)63(90)75-47(16)67(94)83(23)54(34-41(6)7)69(96)84(24)55(35-42(8)9)70(97)85(25)60(44(12)13)72(99)86(26)61(66(93)78-49)62(89)45(14)36-56-76-50-30-28-48(37-51(50)77-56)29-31-58(88)100-73(17,18)19/h28-31,37,39-47,49,52-55,59-62,89H,27,32-36,38H2,1-26H3,(H,74,91)(H,75,90)(H,76,77)(H,78,93)(H,79,92)/b31-29+/t45-,46+,47-,49+,52+,53+,54+,55+,59+,60+,61+,62-/m1/s1. The summed E-state index contributed by atoms with van der Waals surface area (Å²) in [6.07, 6.45) is 1.71. The summed E-state index contributed by atoms with van der Waals surface area (Å²) in [6.45, 7) is 32.6. The number of carbonyl (C=O) groups is 12. The van der Waals surface area contributed by atoms with E-state index in [1.54, 1.807) is 86.6 Å². The number of ether oxygens (including phenoxy) is 1. The first-order chi connectivity index (χ1) is 46.2. The molecule has 1 aliphatic rings. The Hall–Kier alpha value is -7.97. The summed E-state index contributed by atoms with van der Waals surface area (Å²) in [5.41, 5.74) is 1.11. The molecule has 2 heterocycles. The number of carbonyl (C=O) groups excluding carboxylic acids is 12. The fourth-order valence-corrected chi connectivity index (χ4v) is 12.4. The summed E-state index contributed by atoms with van der Waals surface area (Å²) in [7, 11) is 9.80. The summed E-state index contributed by atoms with van der Waals surface area (Å²) < 4.78 is 5.42. The molecule has 0 aliphatic carbocycles. The van der Waals surface area contributed by atoms with Crippen LogP contribution in [0.25, 0.3) is 17.1 Å². The number of nitrogens with zero attached hydrogens (tertiary/aromatic N) is 8. The zero-order chi connectivity index (χ0) is 76.6. The highest BCUT2D eigenvalue weighted by Crippen LogP contribution is 2.27. The van der Waals surface area contributed by atoms with Crippen LogP contribution in [0, 0.1) is 41.4 Å². The van der Waals surface area contributed by atoms with Gasteiger partial charge < -0.3 is 70.4 Å². The van der Waals surface area contributed by atoms with Crippen LogP contribution in [0.4, 0.5) is 0 Å². The van der Waals surface area contributed by atoms with E-state index in [1.165, 1.54) is 93.8 Å². The molecule has 27 nitrogen and oxygen atoms in total. The first-order valence-electron chi connectivity index (χ1n) is 35.3. The number of aromatic nitrogens is 2. The first kappa shape index (κ1) is 86.3. The van der Waals surface area contributed by atoms with Crippen LogP contribution in [0.15, 0.2) is 24.3 Å². The Kier molecular flexibility index (Phi) is 32.5. The lowest BCUT2D eigenvalue weighted by molar-refractivity contribution is -0.157. The van der Waals surface area contributed by atoms with Gasteiger partial charge in [0.05, 0.1) is 23.7 Å². The molecule has 1 fully saturated rings. The van der Waals surface area contributed by atoms with Gasteiger partial charge >= 0.3 is 5.97 Å². The van der Waals surface area contributed by atoms with Gasteiger partial charge in [-0.2, -0.15) is 0 Å². The molecule has 1 aliphatic heterocycles. The minimum absolute atomic E-state index is 0.0202. The van der Waals surface area contributed by atoms with Crippen LogP contribution in [0.1, 0.15) is 175 Å². The predicted octanol–water partition coefficient (Wildman–Crippen LogP) is 4.78. The molecule has 562 valence electrons. The van der Waals surface area contributed by atoms with Crippen molar-refractivity contribution in [2.75, 3.05) is 55.9 Å². The molecule has 0 radical (unpaired) electrons. The second-order valence-electron chi connectivity index (χ2n) is 30.8. The number of benzene rings is 1. The number of hydrogen-bond acceptors (Lipinski definition) is 15. The molecule has 1 aromatic carbocycles. The monoisotopic (exact) mass is 1400 g/mol. The molecular formula is C73H121N13O14. The molecule has 2 aromatic rings. The van der Waals surface area contributed by atoms with Crippen LogP contribution in [0.3, 0.4) is 0 Å².